The van der Waals surface area contributed by atoms with Crippen LogP contribution in [0, 0.1) is 0 Å². The predicted octanol–water partition coefficient (Wildman–Crippen LogP) is 4.65. The number of nitrogen functional groups attached to an aromatic ring is 1. The smallest absolute Gasteiger partial charge is 0.493 e. The Morgan fingerprint density at radius 1 is 0.862 bits per heavy atom. The third kappa shape index (κ3) is 3.98. The molecular weight excluding hydrogens is 372 g/mol. The third-order valence-corrected chi connectivity index (χ3v) is 5.57. The van der Waals surface area contributed by atoms with Gasteiger partial charge in [-0.3, -0.25) is 0 Å². The largest absolute Gasteiger partial charge is 0.525 e. The molecule has 1 aliphatic heterocycles. The number of benzene rings is 2. The highest BCUT2D eigenvalue weighted by molar-refractivity contribution is 6.55. The molecule has 2 aromatic rings. The van der Waals surface area contributed by atoms with Gasteiger partial charge in [-0.1, -0.05) is 18.2 Å². The lowest BCUT2D eigenvalue weighted by Crippen LogP contribution is -2.41. The lowest BCUT2D eigenvalue weighted by atomic mass is 9.80. The second-order valence-corrected chi connectivity index (χ2v) is 8.00. The van der Waals surface area contributed by atoms with E-state index in [2.05, 4.69) is 0 Å². The summed E-state index contributed by atoms with van der Waals surface area (Å²) in [7, 11) is 1.97. The van der Waals surface area contributed by atoms with Gasteiger partial charge in [0, 0.05) is 11.3 Å². The maximum Gasteiger partial charge on any atom is 0.525 e. The zero-order valence-corrected chi connectivity index (χ0v) is 17.7. The second kappa shape index (κ2) is 7.73. The van der Waals surface area contributed by atoms with E-state index >= 15 is 4.39 Å². The van der Waals surface area contributed by atoms with Crippen molar-refractivity contribution in [1.82, 2.24) is 0 Å². The lowest BCUT2D eigenvalue weighted by molar-refractivity contribution is 0.00578. The van der Waals surface area contributed by atoms with Crippen molar-refractivity contribution in [2.45, 2.75) is 38.9 Å². The van der Waals surface area contributed by atoms with Gasteiger partial charge in [0.15, 0.2) is 11.5 Å². The number of hydrogen-bond donors (Lipinski definition) is 1. The predicted molar refractivity (Wildman–Crippen MR) is 114 cm³/mol. The summed E-state index contributed by atoms with van der Waals surface area (Å²) in [5.74, 6) is 1.06. The number of nitrogens with two attached hydrogens (primary N) is 1. The van der Waals surface area contributed by atoms with Crippen molar-refractivity contribution in [3.8, 4) is 11.5 Å². The zero-order chi connectivity index (χ0) is 21.4. The molecule has 1 aliphatic rings. The Morgan fingerprint density at radius 3 is 1.90 bits per heavy atom. The van der Waals surface area contributed by atoms with Crippen molar-refractivity contribution in [1.29, 1.82) is 0 Å². The molecule has 29 heavy (non-hydrogen) atoms. The van der Waals surface area contributed by atoms with Crippen LogP contribution >= 0.6 is 0 Å². The van der Waals surface area contributed by atoms with Crippen molar-refractivity contribution < 1.29 is 23.2 Å². The molecule has 0 bridgehead atoms. The van der Waals surface area contributed by atoms with E-state index in [1.165, 1.54) is 0 Å². The normalized spacial score (nSPS) is 18.4. The minimum absolute atomic E-state index is 0.351. The number of rotatable bonds is 5. The first kappa shape index (κ1) is 21.2. The quantitative estimate of drug-likeness (QED) is 0.586. The molecule has 2 aromatic carbocycles. The summed E-state index contributed by atoms with van der Waals surface area (Å²) in [6, 6.07) is 12.2. The van der Waals surface area contributed by atoms with Crippen molar-refractivity contribution in [2.24, 2.45) is 0 Å². The van der Waals surface area contributed by atoms with Crippen LogP contribution in [0.1, 0.15) is 38.8 Å². The van der Waals surface area contributed by atoms with Gasteiger partial charge in [-0.2, -0.15) is 0 Å². The molecule has 2 N–H and O–H groups in total. The van der Waals surface area contributed by atoms with E-state index in [1.54, 1.807) is 56.7 Å². The van der Waals surface area contributed by atoms with E-state index in [1.807, 2.05) is 27.7 Å². The lowest BCUT2D eigenvalue weighted by Gasteiger charge is -2.32. The summed E-state index contributed by atoms with van der Waals surface area (Å²) in [4.78, 5) is 0. The van der Waals surface area contributed by atoms with Crippen LogP contribution in [0.25, 0.3) is 5.57 Å². The average molecular weight is 399 g/mol. The summed E-state index contributed by atoms with van der Waals surface area (Å²) in [5.41, 5.74) is 6.21. The minimum Gasteiger partial charge on any atom is -0.493 e. The van der Waals surface area contributed by atoms with Gasteiger partial charge in [0.05, 0.1) is 25.4 Å². The van der Waals surface area contributed by atoms with Crippen LogP contribution in [0.5, 0.6) is 11.5 Å². The maximum absolute atomic E-state index is 15.9. The minimum atomic E-state index is -1.12. The number of hydrogen-bond acceptors (Lipinski definition) is 5. The van der Waals surface area contributed by atoms with E-state index in [9.17, 15) is 0 Å². The molecule has 7 heteroatoms. The number of methoxy groups -OCH3 is 2. The van der Waals surface area contributed by atoms with Crippen molar-refractivity contribution in [3.05, 3.63) is 59.3 Å². The van der Waals surface area contributed by atoms with E-state index < -0.39 is 24.0 Å². The van der Waals surface area contributed by atoms with Gasteiger partial charge in [-0.05, 0) is 63.1 Å². The van der Waals surface area contributed by atoms with Gasteiger partial charge < -0.3 is 24.5 Å². The van der Waals surface area contributed by atoms with E-state index in [4.69, 9.17) is 24.5 Å². The van der Waals surface area contributed by atoms with Gasteiger partial charge in [-0.15, -0.1) is 0 Å². The monoisotopic (exact) mass is 399 g/mol. The fourth-order valence-electron chi connectivity index (χ4n) is 3.15. The van der Waals surface area contributed by atoms with Crippen LogP contribution in [0.4, 0.5) is 10.1 Å². The molecule has 0 atom stereocenters. The van der Waals surface area contributed by atoms with Gasteiger partial charge in [-0.25, -0.2) is 4.39 Å². The molecule has 0 radical (unpaired) electrons. The van der Waals surface area contributed by atoms with Crippen molar-refractivity contribution in [2.75, 3.05) is 20.0 Å². The van der Waals surface area contributed by atoms with Gasteiger partial charge in [0.2, 0.25) is 0 Å². The van der Waals surface area contributed by atoms with Gasteiger partial charge >= 0.3 is 7.12 Å². The Labute approximate surface area is 171 Å². The third-order valence-electron chi connectivity index (χ3n) is 5.57. The maximum atomic E-state index is 15.9. The molecule has 5 nitrogen and oxygen atoms in total. The molecule has 0 aliphatic carbocycles. The van der Waals surface area contributed by atoms with Crippen molar-refractivity contribution >= 4 is 18.4 Å². The topological polar surface area (TPSA) is 62.9 Å². The van der Waals surface area contributed by atoms with Crippen LogP contribution in [0.15, 0.2) is 48.2 Å². The molecule has 154 valence electrons. The first-order valence-electron chi connectivity index (χ1n) is 9.43. The van der Waals surface area contributed by atoms with Crippen LogP contribution in [-0.4, -0.2) is 32.5 Å². The Balaban J connectivity index is 2.16. The number of halogens is 1. The van der Waals surface area contributed by atoms with Crippen LogP contribution < -0.4 is 15.2 Å². The molecule has 0 spiro atoms. The Hall–Kier alpha value is -2.51. The summed E-state index contributed by atoms with van der Waals surface area (Å²) >= 11 is 0. The Bertz CT molecular complexity index is 909. The standard InChI is InChI=1S/C22H27BFNO4/c1-21(2)22(3,4)29-23(28-21)20(24)19(14-7-10-16(25)11-8-14)15-9-12-17(26-5)18(13-15)27-6/h7-13H,25H2,1-6H3. The summed E-state index contributed by atoms with van der Waals surface area (Å²) in [6.45, 7) is 7.55. The highest BCUT2D eigenvalue weighted by Gasteiger charge is 2.53. The molecule has 0 amide bonds. The highest BCUT2D eigenvalue weighted by Crippen LogP contribution is 2.42. The van der Waals surface area contributed by atoms with E-state index in [-0.39, 0.29) is 0 Å². The fraction of sp³-hybridized carbons (Fsp3) is 0.364. The molecule has 0 unspecified atom stereocenters. The Kier molecular flexibility index (Phi) is 5.65. The highest BCUT2D eigenvalue weighted by atomic mass is 19.1. The Morgan fingerprint density at radius 2 is 1.38 bits per heavy atom. The average Bonchev–Trinajstić information content (AvgIpc) is 2.90. The SMILES string of the molecule is COc1ccc(C(=C(F)B2OC(C)(C)C(C)(C)O2)c2ccc(N)cc2)cc1OC. The van der Waals surface area contributed by atoms with E-state index in [0.717, 1.165) is 0 Å². The van der Waals surface area contributed by atoms with Crippen molar-refractivity contribution in [3.63, 3.8) is 0 Å². The van der Waals surface area contributed by atoms with Crippen LogP contribution in [-0.2, 0) is 9.31 Å². The number of anilines is 1. The molecule has 1 saturated heterocycles. The molecule has 0 aromatic heterocycles. The second-order valence-electron chi connectivity index (χ2n) is 8.00. The molecule has 1 fully saturated rings. The van der Waals surface area contributed by atoms with E-state index in [0.29, 0.717) is 33.9 Å². The zero-order valence-electron chi connectivity index (χ0n) is 17.7. The molecule has 3 rings (SSSR count). The van der Waals surface area contributed by atoms with Gasteiger partial charge in [0.25, 0.3) is 0 Å². The summed E-state index contributed by atoms with van der Waals surface area (Å²) in [6.07, 6.45) is 0. The van der Waals surface area contributed by atoms with Crippen LogP contribution in [0.3, 0.4) is 0 Å². The number of ether oxygens (including phenoxy) is 2. The van der Waals surface area contributed by atoms with Crippen LogP contribution in [0.2, 0.25) is 0 Å². The molecule has 0 saturated carbocycles. The molecule has 1 heterocycles. The first-order valence-corrected chi connectivity index (χ1v) is 9.43. The van der Waals surface area contributed by atoms with Gasteiger partial charge in [0.1, 0.15) is 5.73 Å². The molecular formula is C22H27BFNO4. The summed E-state index contributed by atoms with van der Waals surface area (Å²) in [5, 5.41) is 0. The fourth-order valence-corrected chi connectivity index (χ4v) is 3.15. The first-order chi connectivity index (χ1) is 13.6. The summed E-state index contributed by atoms with van der Waals surface area (Å²) < 4.78 is 38.5.